The number of allylic oxidation sites excluding steroid dienone is 2. The minimum Gasteiger partial charge on any atom is -0.389 e. The highest BCUT2D eigenvalue weighted by atomic mass is 16.3. The Kier molecular flexibility index (Phi) is 1.72. The van der Waals surface area contributed by atoms with Crippen LogP contribution in [0.5, 0.6) is 0 Å². The Morgan fingerprint density at radius 2 is 2.33 bits per heavy atom. The van der Waals surface area contributed by atoms with Gasteiger partial charge in [-0.25, -0.2) is 0 Å². The lowest BCUT2D eigenvalue weighted by Crippen LogP contribution is -1.99. The standard InChI is InChI=1S/C8H12O/c1-6-3-4-8(5-6)7(2)9/h4-5,7,9H,3H2,1-2H3. The summed E-state index contributed by atoms with van der Waals surface area (Å²) in [6.45, 7) is 3.87. The average molecular weight is 124 g/mol. The van der Waals surface area contributed by atoms with Crippen LogP contribution in [0.25, 0.3) is 0 Å². The van der Waals surface area contributed by atoms with Crippen LogP contribution < -0.4 is 0 Å². The van der Waals surface area contributed by atoms with E-state index in [0.29, 0.717) is 0 Å². The molecule has 0 spiro atoms. The van der Waals surface area contributed by atoms with Crippen molar-refractivity contribution in [3.8, 4) is 0 Å². The van der Waals surface area contributed by atoms with E-state index < -0.39 is 0 Å². The first kappa shape index (κ1) is 6.56. The third-order valence-electron chi connectivity index (χ3n) is 1.56. The van der Waals surface area contributed by atoms with Crippen molar-refractivity contribution in [3.05, 3.63) is 23.3 Å². The van der Waals surface area contributed by atoms with E-state index in [2.05, 4.69) is 13.0 Å². The molecular weight excluding hydrogens is 112 g/mol. The molecule has 0 aromatic heterocycles. The molecule has 1 unspecified atom stereocenters. The molecule has 0 radical (unpaired) electrons. The molecule has 1 nitrogen and oxygen atoms in total. The maximum Gasteiger partial charge on any atom is 0.0758 e. The van der Waals surface area contributed by atoms with Crippen LogP contribution in [0, 0.1) is 0 Å². The van der Waals surface area contributed by atoms with Crippen LogP contribution in [0.1, 0.15) is 20.3 Å². The first-order valence-electron chi connectivity index (χ1n) is 3.25. The van der Waals surface area contributed by atoms with Crippen molar-refractivity contribution < 1.29 is 5.11 Å². The van der Waals surface area contributed by atoms with Gasteiger partial charge in [-0.2, -0.15) is 0 Å². The predicted molar refractivity (Wildman–Crippen MR) is 38.1 cm³/mol. The summed E-state index contributed by atoms with van der Waals surface area (Å²) in [5.41, 5.74) is 2.40. The first-order chi connectivity index (χ1) is 4.20. The third-order valence-corrected chi connectivity index (χ3v) is 1.56. The van der Waals surface area contributed by atoms with E-state index in [9.17, 15) is 0 Å². The maximum atomic E-state index is 9.06. The molecule has 0 heterocycles. The van der Waals surface area contributed by atoms with Gasteiger partial charge in [0.2, 0.25) is 0 Å². The Morgan fingerprint density at radius 1 is 1.67 bits per heavy atom. The minimum atomic E-state index is -0.289. The topological polar surface area (TPSA) is 20.2 Å². The molecule has 0 amide bonds. The summed E-state index contributed by atoms with van der Waals surface area (Å²) in [6, 6.07) is 0. The Labute approximate surface area is 55.7 Å². The van der Waals surface area contributed by atoms with Crippen molar-refractivity contribution in [1.29, 1.82) is 0 Å². The van der Waals surface area contributed by atoms with Crippen LogP contribution in [0.4, 0.5) is 0 Å². The average Bonchev–Trinajstić information content (AvgIpc) is 2.14. The highest BCUT2D eigenvalue weighted by molar-refractivity contribution is 5.33. The van der Waals surface area contributed by atoms with Crippen molar-refractivity contribution in [2.24, 2.45) is 0 Å². The molecule has 50 valence electrons. The van der Waals surface area contributed by atoms with Crippen molar-refractivity contribution in [2.75, 3.05) is 0 Å². The zero-order chi connectivity index (χ0) is 6.85. The second-order valence-electron chi connectivity index (χ2n) is 2.57. The molecule has 0 fully saturated rings. The fraction of sp³-hybridized carbons (Fsp3) is 0.500. The van der Waals surface area contributed by atoms with Crippen LogP contribution >= 0.6 is 0 Å². The van der Waals surface area contributed by atoms with Gasteiger partial charge in [0.1, 0.15) is 0 Å². The number of hydrogen-bond acceptors (Lipinski definition) is 1. The Morgan fingerprint density at radius 3 is 2.56 bits per heavy atom. The lowest BCUT2D eigenvalue weighted by molar-refractivity contribution is 0.235. The zero-order valence-corrected chi connectivity index (χ0v) is 5.89. The van der Waals surface area contributed by atoms with E-state index in [1.165, 1.54) is 5.57 Å². The molecule has 0 saturated carbocycles. The summed E-state index contributed by atoms with van der Waals surface area (Å²) in [4.78, 5) is 0. The molecule has 0 aliphatic heterocycles. The molecule has 0 aromatic rings. The first-order valence-corrected chi connectivity index (χ1v) is 3.25. The second kappa shape index (κ2) is 2.36. The molecule has 1 N–H and O–H groups in total. The van der Waals surface area contributed by atoms with Crippen molar-refractivity contribution in [3.63, 3.8) is 0 Å². The maximum absolute atomic E-state index is 9.06. The Hall–Kier alpha value is -0.560. The minimum absolute atomic E-state index is 0.289. The normalized spacial score (nSPS) is 21.2. The second-order valence-corrected chi connectivity index (χ2v) is 2.57. The zero-order valence-electron chi connectivity index (χ0n) is 5.89. The molecule has 1 aliphatic rings. The highest BCUT2D eigenvalue weighted by Gasteiger charge is 2.06. The summed E-state index contributed by atoms with van der Waals surface area (Å²) in [6.07, 6.45) is 4.84. The van der Waals surface area contributed by atoms with Gasteiger partial charge in [0.05, 0.1) is 6.10 Å². The lowest BCUT2D eigenvalue weighted by Gasteiger charge is -1.99. The SMILES string of the molecule is CC1=CC(C(C)O)=CC1. The Balaban J connectivity index is 2.64. The quantitative estimate of drug-likeness (QED) is 0.563. The molecule has 9 heavy (non-hydrogen) atoms. The summed E-state index contributed by atoms with van der Waals surface area (Å²) in [5.74, 6) is 0. The molecule has 1 heteroatoms. The van der Waals surface area contributed by atoms with E-state index in [4.69, 9.17) is 5.11 Å². The van der Waals surface area contributed by atoms with E-state index in [-0.39, 0.29) is 6.10 Å². The van der Waals surface area contributed by atoms with E-state index in [1.807, 2.05) is 6.08 Å². The van der Waals surface area contributed by atoms with Crippen LogP contribution in [0.3, 0.4) is 0 Å². The predicted octanol–water partition coefficient (Wildman–Crippen LogP) is 1.64. The summed E-state index contributed by atoms with van der Waals surface area (Å²) in [5, 5.41) is 9.06. The summed E-state index contributed by atoms with van der Waals surface area (Å²) in [7, 11) is 0. The van der Waals surface area contributed by atoms with Gasteiger partial charge in [-0.05, 0) is 25.8 Å². The van der Waals surface area contributed by atoms with E-state index in [1.54, 1.807) is 6.92 Å². The molecule has 0 aromatic carbocycles. The van der Waals surface area contributed by atoms with E-state index >= 15 is 0 Å². The van der Waals surface area contributed by atoms with Gasteiger partial charge in [0, 0.05) is 0 Å². The summed E-state index contributed by atoms with van der Waals surface area (Å²) < 4.78 is 0. The highest BCUT2D eigenvalue weighted by Crippen LogP contribution is 2.18. The van der Waals surface area contributed by atoms with E-state index in [0.717, 1.165) is 12.0 Å². The number of hydrogen-bond donors (Lipinski definition) is 1. The lowest BCUT2D eigenvalue weighted by atomic mass is 10.2. The van der Waals surface area contributed by atoms with Gasteiger partial charge < -0.3 is 5.11 Å². The van der Waals surface area contributed by atoms with Crippen LogP contribution in [0.2, 0.25) is 0 Å². The van der Waals surface area contributed by atoms with Gasteiger partial charge in [-0.1, -0.05) is 17.7 Å². The Bertz CT molecular complexity index is 163. The van der Waals surface area contributed by atoms with Gasteiger partial charge in [0.25, 0.3) is 0 Å². The molecule has 0 bridgehead atoms. The number of aliphatic hydroxyl groups is 1. The van der Waals surface area contributed by atoms with Crippen LogP contribution in [-0.4, -0.2) is 11.2 Å². The van der Waals surface area contributed by atoms with Crippen molar-refractivity contribution >= 4 is 0 Å². The fourth-order valence-electron chi connectivity index (χ4n) is 0.972. The molecule has 1 atom stereocenters. The number of rotatable bonds is 1. The largest absolute Gasteiger partial charge is 0.389 e. The van der Waals surface area contributed by atoms with Crippen molar-refractivity contribution in [1.82, 2.24) is 0 Å². The fourth-order valence-corrected chi connectivity index (χ4v) is 0.972. The van der Waals surface area contributed by atoms with Gasteiger partial charge in [0.15, 0.2) is 0 Å². The monoisotopic (exact) mass is 124 g/mol. The van der Waals surface area contributed by atoms with Gasteiger partial charge in [-0.3, -0.25) is 0 Å². The van der Waals surface area contributed by atoms with Crippen molar-refractivity contribution in [2.45, 2.75) is 26.4 Å². The molecular formula is C8H12O. The van der Waals surface area contributed by atoms with Gasteiger partial charge in [-0.15, -0.1) is 0 Å². The third kappa shape index (κ3) is 1.42. The van der Waals surface area contributed by atoms with Crippen LogP contribution in [-0.2, 0) is 0 Å². The summed E-state index contributed by atoms with van der Waals surface area (Å²) >= 11 is 0. The number of aliphatic hydroxyl groups excluding tert-OH is 1. The smallest absolute Gasteiger partial charge is 0.0758 e. The molecule has 1 rings (SSSR count). The van der Waals surface area contributed by atoms with Crippen LogP contribution in [0.15, 0.2) is 23.3 Å². The van der Waals surface area contributed by atoms with Gasteiger partial charge >= 0.3 is 0 Å². The molecule has 0 saturated heterocycles. The molecule has 1 aliphatic carbocycles.